The van der Waals surface area contributed by atoms with Crippen LogP contribution in [-0.2, 0) is 46.8 Å². The minimum atomic E-state index is -1.76. The van der Waals surface area contributed by atoms with Gasteiger partial charge in [-0.05, 0) is 26.2 Å². The summed E-state index contributed by atoms with van der Waals surface area (Å²) >= 11 is 0.0621. The molecule has 2 saturated heterocycles. The molecule has 0 amide bonds. The van der Waals surface area contributed by atoms with Gasteiger partial charge in [-0.25, -0.2) is 10.1 Å². The molecule has 0 aromatic carbocycles. The molecule has 0 bridgehead atoms. The largest absolute Gasteiger partial charge is 0.453 e. The monoisotopic (exact) mass is 967 g/mol. The van der Waals surface area contributed by atoms with Gasteiger partial charge in [-0.3, -0.25) is 8.98 Å². The third-order valence-electron chi connectivity index (χ3n) is 12.7. The summed E-state index contributed by atoms with van der Waals surface area (Å²) in [4.78, 5) is 27.0. The van der Waals surface area contributed by atoms with E-state index in [1.165, 1.54) is 128 Å². The average Bonchev–Trinajstić information content (AvgIpc) is 3.31. The molecule has 0 aromatic rings. The normalized spacial score (nSPS) is 25.9. The van der Waals surface area contributed by atoms with Gasteiger partial charge in [-0.15, -0.1) is 4.33 Å². The molecule has 2 heterocycles. The molecular formula is C49H90O16S. The van der Waals surface area contributed by atoms with Crippen molar-refractivity contribution < 1.29 is 77.6 Å². The van der Waals surface area contributed by atoms with Crippen molar-refractivity contribution in [3.63, 3.8) is 0 Å². The molecule has 0 spiro atoms. The van der Waals surface area contributed by atoms with Crippen molar-refractivity contribution in [2.75, 3.05) is 13.2 Å². The van der Waals surface area contributed by atoms with Crippen LogP contribution in [0.3, 0.4) is 0 Å². The topological polar surface area (TPSA) is 229 Å². The molecule has 0 aromatic heterocycles. The standard InChI is InChI=1S/C49H90O16S/c1-4-6-8-10-12-14-16-18-19-20-22-23-25-27-29-31-33-37(3)47(56)61-44-42(54)39(36-51)59-49(62-48-45(63-66-65-64-57)43(55)41(53)38(35-50)58-48)46(44)60-40(52)34-32-30-28-26-24-21-17-15-13-11-9-7-5-2/h33,38-39,41-46,48-51,53-55,57H,4-32,34-36H2,1-3H3/b37-33+. The highest BCUT2D eigenvalue weighted by Crippen LogP contribution is 2.34. The first-order chi connectivity index (χ1) is 32.1. The summed E-state index contributed by atoms with van der Waals surface area (Å²) in [6, 6.07) is 0. The van der Waals surface area contributed by atoms with Gasteiger partial charge in [0.25, 0.3) is 0 Å². The summed E-state index contributed by atoms with van der Waals surface area (Å²) in [7, 11) is 0. The van der Waals surface area contributed by atoms with Crippen LogP contribution in [0.1, 0.15) is 213 Å². The first kappa shape index (κ1) is 60.7. The Morgan fingerprint density at radius 3 is 1.42 bits per heavy atom. The highest BCUT2D eigenvalue weighted by molar-refractivity contribution is 7.89. The molecule has 10 unspecified atom stereocenters. The summed E-state index contributed by atoms with van der Waals surface area (Å²) in [5, 5.41) is 65.1. The van der Waals surface area contributed by atoms with Crippen LogP contribution in [-0.4, -0.2) is 117 Å². The number of aliphatic hydroxyl groups excluding tert-OH is 5. The van der Waals surface area contributed by atoms with Crippen molar-refractivity contribution in [1.82, 2.24) is 0 Å². The maximum atomic E-state index is 13.6. The molecule has 2 fully saturated rings. The fraction of sp³-hybridized carbons (Fsp3) is 0.918. The van der Waals surface area contributed by atoms with Crippen LogP contribution >= 0.6 is 12.3 Å². The van der Waals surface area contributed by atoms with Gasteiger partial charge in [0.05, 0.1) is 13.2 Å². The fourth-order valence-electron chi connectivity index (χ4n) is 8.52. The Kier molecular flexibility index (Phi) is 36.1. The van der Waals surface area contributed by atoms with E-state index in [0.29, 0.717) is 12.8 Å². The van der Waals surface area contributed by atoms with Crippen molar-refractivity contribution in [3.05, 3.63) is 11.6 Å². The summed E-state index contributed by atoms with van der Waals surface area (Å²) in [6.45, 7) is 4.56. The van der Waals surface area contributed by atoms with E-state index in [9.17, 15) is 35.1 Å². The van der Waals surface area contributed by atoms with Crippen molar-refractivity contribution >= 4 is 24.3 Å². The molecule has 2 aliphatic heterocycles. The fourth-order valence-corrected chi connectivity index (χ4v) is 8.87. The van der Waals surface area contributed by atoms with Crippen LogP contribution in [0.2, 0.25) is 0 Å². The first-order valence-electron chi connectivity index (χ1n) is 25.7. The zero-order chi connectivity index (χ0) is 48.2. The van der Waals surface area contributed by atoms with Crippen LogP contribution in [0, 0.1) is 0 Å². The Labute approximate surface area is 400 Å². The summed E-state index contributed by atoms with van der Waals surface area (Å²) in [6.07, 6.45) is 19.7. The van der Waals surface area contributed by atoms with Crippen LogP contribution < -0.4 is 0 Å². The minimum absolute atomic E-state index is 0.0116. The molecule has 17 heteroatoms. The van der Waals surface area contributed by atoms with E-state index in [4.69, 9.17) is 33.1 Å². The van der Waals surface area contributed by atoms with Gasteiger partial charge in [-0.1, -0.05) is 192 Å². The summed E-state index contributed by atoms with van der Waals surface area (Å²) < 4.78 is 38.9. The van der Waals surface area contributed by atoms with Gasteiger partial charge >= 0.3 is 11.9 Å². The van der Waals surface area contributed by atoms with Crippen LogP contribution in [0.5, 0.6) is 0 Å². The molecule has 2 aliphatic rings. The Morgan fingerprint density at radius 1 is 0.545 bits per heavy atom. The molecular weight excluding hydrogens is 877 g/mol. The van der Waals surface area contributed by atoms with Crippen LogP contribution in [0.15, 0.2) is 11.6 Å². The van der Waals surface area contributed by atoms with Crippen molar-refractivity contribution in [2.24, 2.45) is 0 Å². The lowest BCUT2D eigenvalue weighted by Crippen LogP contribution is -2.65. The Bertz CT molecular complexity index is 1230. The second-order valence-electron chi connectivity index (χ2n) is 18.3. The maximum Gasteiger partial charge on any atom is 0.333 e. The molecule has 16 nitrogen and oxygen atoms in total. The Hall–Kier alpha value is -1.45. The molecule has 0 saturated carbocycles. The zero-order valence-corrected chi connectivity index (χ0v) is 41.5. The highest BCUT2D eigenvalue weighted by Gasteiger charge is 2.54. The molecule has 0 aliphatic carbocycles. The quantitative estimate of drug-likeness (QED) is 0.00837. The molecule has 66 heavy (non-hydrogen) atoms. The van der Waals surface area contributed by atoms with Crippen molar-refractivity contribution in [3.8, 4) is 0 Å². The van der Waals surface area contributed by atoms with Crippen LogP contribution in [0.4, 0.5) is 0 Å². The number of allylic oxidation sites excluding steroid dienone is 1. The lowest BCUT2D eigenvalue weighted by Gasteiger charge is -2.46. The number of esters is 2. The number of carbonyl (C=O) groups is 2. The average molecular weight is 967 g/mol. The third kappa shape index (κ3) is 25.4. The molecule has 6 N–H and O–H groups in total. The van der Waals surface area contributed by atoms with Gasteiger partial charge in [0.15, 0.2) is 36.9 Å². The van der Waals surface area contributed by atoms with Crippen LogP contribution in [0.25, 0.3) is 0 Å². The molecule has 0 radical (unpaired) electrons. The van der Waals surface area contributed by atoms with Crippen molar-refractivity contribution in [1.29, 1.82) is 0 Å². The van der Waals surface area contributed by atoms with Gasteiger partial charge in [0.2, 0.25) is 6.29 Å². The second kappa shape index (κ2) is 39.3. The SMILES string of the molecule is CCCCCCCCCCCCCCCCC/C=C(\C)C(=O)OC1C(O)C(CO)OC(OC2OC(CO)C(O)C(O)C2OSOOO)C1OC(=O)CCCCCCCCCCCCCCC. The molecule has 10 atom stereocenters. The second-order valence-corrected chi connectivity index (χ2v) is 18.7. The van der Waals surface area contributed by atoms with E-state index in [-0.39, 0.29) is 24.3 Å². The third-order valence-corrected chi connectivity index (χ3v) is 13.1. The van der Waals surface area contributed by atoms with Gasteiger partial charge < -0.3 is 49.2 Å². The summed E-state index contributed by atoms with van der Waals surface area (Å²) in [5.41, 5.74) is 0.282. The summed E-state index contributed by atoms with van der Waals surface area (Å²) in [5.74, 6) is -1.46. The number of aliphatic hydroxyl groups is 5. The van der Waals surface area contributed by atoms with Gasteiger partial charge in [-0.2, -0.15) is 0 Å². The van der Waals surface area contributed by atoms with E-state index in [1.54, 1.807) is 13.0 Å². The van der Waals surface area contributed by atoms with E-state index in [2.05, 4.69) is 23.2 Å². The lowest BCUT2D eigenvalue weighted by atomic mass is 9.97. The molecule has 2 rings (SSSR count). The van der Waals surface area contributed by atoms with E-state index in [0.717, 1.165) is 44.9 Å². The van der Waals surface area contributed by atoms with E-state index in [1.807, 2.05) is 0 Å². The van der Waals surface area contributed by atoms with Gasteiger partial charge in [0, 0.05) is 12.0 Å². The zero-order valence-electron chi connectivity index (χ0n) is 40.7. The number of hydrogen-bond acceptors (Lipinski definition) is 17. The maximum absolute atomic E-state index is 13.6. The van der Waals surface area contributed by atoms with E-state index >= 15 is 0 Å². The number of rotatable bonds is 41. The Balaban J connectivity index is 2.03. The number of carbonyl (C=O) groups excluding carboxylic acids is 2. The van der Waals surface area contributed by atoms with E-state index < -0.39 is 86.6 Å². The minimum Gasteiger partial charge on any atom is -0.453 e. The number of hydrogen-bond donors (Lipinski definition) is 6. The lowest BCUT2D eigenvalue weighted by molar-refractivity contribution is -0.435. The molecule has 388 valence electrons. The number of unbranched alkanes of at least 4 members (excludes halogenated alkanes) is 27. The highest BCUT2D eigenvalue weighted by atomic mass is 32.2. The number of ether oxygens (including phenoxy) is 5. The van der Waals surface area contributed by atoms with Crippen molar-refractivity contribution in [2.45, 2.75) is 275 Å². The predicted octanol–water partition coefficient (Wildman–Crippen LogP) is 9.40. The predicted molar refractivity (Wildman–Crippen MR) is 251 cm³/mol. The first-order valence-corrected chi connectivity index (χ1v) is 26.4. The smallest absolute Gasteiger partial charge is 0.333 e. The van der Waals surface area contributed by atoms with Gasteiger partial charge in [0.1, 0.15) is 30.5 Å². The Morgan fingerprint density at radius 2 is 0.970 bits per heavy atom.